The molecule has 3 aromatic rings. The van der Waals surface area contributed by atoms with Gasteiger partial charge in [-0.15, -0.1) is 5.10 Å². The van der Waals surface area contributed by atoms with Crippen molar-refractivity contribution in [2.24, 2.45) is 5.73 Å². The topological polar surface area (TPSA) is 114 Å². The van der Waals surface area contributed by atoms with Crippen LogP contribution in [0.25, 0.3) is 11.4 Å². The first-order valence-electron chi connectivity index (χ1n) is 9.57. The molecule has 0 spiro atoms. The molecule has 31 heavy (non-hydrogen) atoms. The molecule has 160 valence electrons. The van der Waals surface area contributed by atoms with Gasteiger partial charge >= 0.3 is 0 Å². The summed E-state index contributed by atoms with van der Waals surface area (Å²) in [7, 11) is 4.75. The Morgan fingerprint density at radius 1 is 1.03 bits per heavy atom. The summed E-state index contributed by atoms with van der Waals surface area (Å²) in [5, 5.41) is 7.83. The lowest BCUT2D eigenvalue weighted by atomic mass is 9.94. The molecule has 1 aliphatic heterocycles. The minimum Gasteiger partial charge on any atom is -0.497 e. The number of hydrogen-bond acceptors (Lipinski definition) is 7. The van der Waals surface area contributed by atoms with Gasteiger partial charge in [-0.05, 0) is 43.3 Å². The van der Waals surface area contributed by atoms with Gasteiger partial charge in [-0.2, -0.15) is 4.98 Å². The number of allylic oxidation sites excluding steroid dienone is 1. The lowest BCUT2D eigenvalue weighted by molar-refractivity contribution is -0.115. The zero-order chi connectivity index (χ0) is 22.1. The molecule has 4 rings (SSSR count). The number of nitrogens with two attached hydrogens (primary N) is 1. The largest absolute Gasteiger partial charge is 0.497 e. The number of aromatic nitrogens is 3. The molecule has 1 aliphatic rings. The molecular weight excluding hydrogens is 398 g/mol. The van der Waals surface area contributed by atoms with E-state index in [4.69, 9.17) is 25.0 Å². The Labute approximate surface area is 179 Å². The maximum absolute atomic E-state index is 12.4. The summed E-state index contributed by atoms with van der Waals surface area (Å²) in [6.45, 7) is 1.79. The van der Waals surface area contributed by atoms with E-state index in [1.54, 1.807) is 45.1 Å². The minimum atomic E-state index is -0.617. The molecule has 1 atom stereocenters. The summed E-state index contributed by atoms with van der Waals surface area (Å²) in [6.07, 6.45) is 0. The molecule has 3 N–H and O–H groups in total. The molecule has 0 bridgehead atoms. The molecule has 2 aromatic carbocycles. The van der Waals surface area contributed by atoms with Crippen molar-refractivity contribution in [2.45, 2.75) is 13.0 Å². The lowest BCUT2D eigenvalue weighted by Gasteiger charge is -2.28. The molecule has 0 aliphatic carbocycles. The summed E-state index contributed by atoms with van der Waals surface area (Å²) in [6, 6.07) is 12.2. The van der Waals surface area contributed by atoms with Crippen LogP contribution in [0.5, 0.6) is 17.2 Å². The number of carbonyl (C=O) groups is 1. The van der Waals surface area contributed by atoms with E-state index in [-0.39, 0.29) is 0 Å². The smallest absolute Gasteiger partial charge is 0.248 e. The van der Waals surface area contributed by atoms with E-state index in [2.05, 4.69) is 10.3 Å². The molecule has 9 nitrogen and oxygen atoms in total. The van der Waals surface area contributed by atoms with Crippen LogP contribution in [0, 0.1) is 0 Å². The highest BCUT2D eigenvalue weighted by Gasteiger charge is 2.35. The molecule has 9 heteroatoms. The van der Waals surface area contributed by atoms with E-state index in [0.717, 1.165) is 11.3 Å². The quantitative estimate of drug-likeness (QED) is 0.629. The number of nitrogens with one attached hydrogen (secondary N) is 1. The fourth-order valence-electron chi connectivity index (χ4n) is 3.66. The molecule has 1 amide bonds. The van der Waals surface area contributed by atoms with Gasteiger partial charge in [-0.1, -0.05) is 0 Å². The van der Waals surface area contributed by atoms with E-state index >= 15 is 0 Å². The monoisotopic (exact) mass is 421 g/mol. The standard InChI is InChI=1S/C22H23N5O4/c1-12-18(20(23)28)19(16-10-9-15(30-3)11-17(16)31-4)27-22(24-12)25-21(26-27)13-5-7-14(29-2)8-6-13/h5-11,19H,1-4H3,(H2,23,28)(H,24,25,26)/t19-/m0/s1. The van der Waals surface area contributed by atoms with Gasteiger partial charge in [0.15, 0.2) is 5.82 Å². The lowest BCUT2D eigenvalue weighted by Crippen LogP contribution is -2.32. The number of fused-ring (bicyclic) bond motifs is 1. The van der Waals surface area contributed by atoms with E-state index in [0.29, 0.717) is 40.1 Å². The van der Waals surface area contributed by atoms with Gasteiger partial charge in [0.05, 0.1) is 26.9 Å². The minimum absolute atomic E-state index is 0.377. The zero-order valence-electron chi connectivity index (χ0n) is 17.7. The van der Waals surface area contributed by atoms with Gasteiger partial charge in [0.1, 0.15) is 23.3 Å². The highest BCUT2D eigenvalue weighted by molar-refractivity contribution is 5.95. The van der Waals surface area contributed by atoms with Crippen LogP contribution >= 0.6 is 0 Å². The van der Waals surface area contributed by atoms with Crippen LogP contribution in [0.15, 0.2) is 53.7 Å². The average Bonchev–Trinajstić information content (AvgIpc) is 3.21. The third-order valence-corrected chi connectivity index (χ3v) is 5.20. The first kappa shape index (κ1) is 20.3. The predicted molar refractivity (Wildman–Crippen MR) is 115 cm³/mol. The number of methoxy groups -OCH3 is 3. The fraction of sp³-hybridized carbons (Fsp3) is 0.227. The maximum atomic E-state index is 12.4. The number of hydrogen-bond donors (Lipinski definition) is 2. The normalized spacial score (nSPS) is 15.2. The highest BCUT2D eigenvalue weighted by atomic mass is 16.5. The van der Waals surface area contributed by atoms with Gasteiger partial charge in [0.25, 0.3) is 0 Å². The number of benzene rings is 2. The van der Waals surface area contributed by atoms with Crippen molar-refractivity contribution < 1.29 is 19.0 Å². The van der Waals surface area contributed by atoms with E-state index in [9.17, 15) is 4.79 Å². The Kier molecular flexibility index (Phi) is 5.24. The van der Waals surface area contributed by atoms with Crippen molar-refractivity contribution in [1.29, 1.82) is 0 Å². The predicted octanol–water partition coefficient (Wildman–Crippen LogP) is 2.75. The maximum Gasteiger partial charge on any atom is 0.248 e. The number of amides is 1. The summed E-state index contributed by atoms with van der Waals surface area (Å²) < 4.78 is 17.8. The van der Waals surface area contributed by atoms with Crippen LogP contribution in [0.2, 0.25) is 0 Å². The van der Waals surface area contributed by atoms with Crippen LogP contribution in [0.4, 0.5) is 5.95 Å². The molecule has 0 fully saturated rings. The van der Waals surface area contributed by atoms with Gasteiger partial charge in [0.2, 0.25) is 11.9 Å². The summed E-state index contributed by atoms with van der Waals surface area (Å²) in [5.41, 5.74) is 8.27. The van der Waals surface area contributed by atoms with Crippen molar-refractivity contribution in [3.63, 3.8) is 0 Å². The molecule has 1 aromatic heterocycles. The Morgan fingerprint density at radius 3 is 2.32 bits per heavy atom. The van der Waals surface area contributed by atoms with Crippen LogP contribution in [-0.2, 0) is 4.79 Å². The van der Waals surface area contributed by atoms with E-state index in [1.165, 1.54) is 0 Å². The molecular formula is C22H23N5O4. The summed E-state index contributed by atoms with van der Waals surface area (Å²) in [4.78, 5) is 17.0. The van der Waals surface area contributed by atoms with E-state index in [1.807, 2.05) is 30.3 Å². The second-order valence-corrected chi connectivity index (χ2v) is 6.97. The first-order chi connectivity index (χ1) is 15.0. The van der Waals surface area contributed by atoms with Crippen LogP contribution in [0.1, 0.15) is 18.5 Å². The third-order valence-electron chi connectivity index (χ3n) is 5.20. The van der Waals surface area contributed by atoms with E-state index < -0.39 is 11.9 Å². The summed E-state index contributed by atoms with van der Waals surface area (Å²) in [5.74, 6) is 2.36. The number of anilines is 1. The van der Waals surface area contributed by atoms with Crippen LogP contribution in [0.3, 0.4) is 0 Å². The van der Waals surface area contributed by atoms with Crippen LogP contribution < -0.4 is 25.3 Å². The Hall–Kier alpha value is -4.01. The number of primary amides is 1. The second kappa shape index (κ2) is 8.02. The number of carbonyl (C=O) groups excluding carboxylic acids is 1. The molecule has 0 radical (unpaired) electrons. The van der Waals surface area contributed by atoms with Crippen molar-refractivity contribution >= 4 is 11.9 Å². The van der Waals surface area contributed by atoms with Crippen molar-refractivity contribution in [2.75, 3.05) is 26.6 Å². The van der Waals surface area contributed by atoms with Crippen molar-refractivity contribution in [3.05, 3.63) is 59.3 Å². The summed E-state index contributed by atoms with van der Waals surface area (Å²) >= 11 is 0. The third kappa shape index (κ3) is 3.54. The Morgan fingerprint density at radius 2 is 1.71 bits per heavy atom. The van der Waals surface area contributed by atoms with Crippen LogP contribution in [-0.4, -0.2) is 42.0 Å². The number of nitrogens with zero attached hydrogens (tertiary/aromatic N) is 3. The Balaban J connectivity index is 1.87. The number of rotatable bonds is 6. The zero-order valence-corrected chi connectivity index (χ0v) is 17.7. The molecule has 0 saturated heterocycles. The fourth-order valence-corrected chi connectivity index (χ4v) is 3.66. The molecule has 2 heterocycles. The molecule has 0 saturated carbocycles. The highest BCUT2D eigenvalue weighted by Crippen LogP contribution is 2.40. The number of ether oxygens (including phenoxy) is 3. The van der Waals surface area contributed by atoms with Gasteiger partial charge in [-0.3, -0.25) is 4.79 Å². The second-order valence-electron chi connectivity index (χ2n) is 6.97. The average molecular weight is 421 g/mol. The Bertz CT molecular complexity index is 1170. The van der Waals surface area contributed by atoms with Gasteiger partial charge in [-0.25, -0.2) is 4.68 Å². The van der Waals surface area contributed by atoms with Gasteiger partial charge in [0, 0.05) is 22.9 Å². The van der Waals surface area contributed by atoms with Crippen molar-refractivity contribution in [3.8, 4) is 28.6 Å². The van der Waals surface area contributed by atoms with Crippen molar-refractivity contribution in [1.82, 2.24) is 14.8 Å². The molecule has 0 unspecified atom stereocenters. The first-order valence-corrected chi connectivity index (χ1v) is 9.57. The SMILES string of the molecule is COc1ccc(-c2nc3n(n2)[C@@H](c2ccc(OC)cc2OC)C(C(N)=O)=C(C)N3)cc1. The van der Waals surface area contributed by atoms with Gasteiger partial charge < -0.3 is 25.3 Å².